The fraction of sp³-hybridized carbons (Fsp3) is 0.200. The van der Waals surface area contributed by atoms with Crippen LogP contribution in [0.5, 0.6) is 11.5 Å². The normalized spacial score (nSPS) is 11.3. The highest BCUT2D eigenvalue weighted by molar-refractivity contribution is 7.92. The lowest BCUT2D eigenvalue weighted by Gasteiger charge is -2.14. The van der Waals surface area contributed by atoms with Crippen LogP contribution in [0.4, 0.5) is 11.4 Å². The van der Waals surface area contributed by atoms with Gasteiger partial charge in [-0.1, -0.05) is 0 Å². The Morgan fingerprint density at radius 2 is 1.58 bits per heavy atom. The van der Waals surface area contributed by atoms with Gasteiger partial charge in [-0.25, -0.2) is 18.0 Å². The van der Waals surface area contributed by atoms with Crippen LogP contribution in [-0.2, 0) is 29.1 Å². The van der Waals surface area contributed by atoms with E-state index < -0.39 is 22.0 Å². The second kappa shape index (κ2) is 10.3. The van der Waals surface area contributed by atoms with Crippen molar-refractivity contribution in [3.8, 4) is 11.5 Å². The molecule has 0 amide bonds. The number of methoxy groups -OCH3 is 4. The van der Waals surface area contributed by atoms with Crippen LogP contribution in [0.25, 0.3) is 0 Å². The van der Waals surface area contributed by atoms with E-state index in [0.29, 0.717) is 11.4 Å². The molecule has 2 rings (SSSR count). The zero-order valence-electron chi connectivity index (χ0n) is 17.3. The minimum absolute atomic E-state index is 0.0347. The summed E-state index contributed by atoms with van der Waals surface area (Å²) in [5, 5.41) is 2.69. The number of benzene rings is 2. The third-order valence-electron chi connectivity index (χ3n) is 3.97. The Morgan fingerprint density at radius 1 is 0.903 bits per heavy atom. The van der Waals surface area contributed by atoms with Crippen molar-refractivity contribution in [2.24, 2.45) is 0 Å². The van der Waals surface area contributed by atoms with E-state index in [0.717, 1.165) is 20.3 Å². The Hall–Kier alpha value is -3.73. The van der Waals surface area contributed by atoms with Crippen LogP contribution in [0, 0.1) is 0 Å². The van der Waals surface area contributed by atoms with Gasteiger partial charge in [0, 0.05) is 11.8 Å². The summed E-state index contributed by atoms with van der Waals surface area (Å²) in [4.78, 5) is 23.2. The minimum Gasteiger partial charge on any atom is -0.497 e. The molecule has 0 radical (unpaired) electrons. The van der Waals surface area contributed by atoms with Crippen LogP contribution in [0.3, 0.4) is 0 Å². The second-order valence-corrected chi connectivity index (χ2v) is 7.58. The van der Waals surface area contributed by atoms with E-state index in [4.69, 9.17) is 9.47 Å². The highest BCUT2D eigenvalue weighted by atomic mass is 32.2. The number of sulfonamides is 1. The van der Waals surface area contributed by atoms with E-state index in [2.05, 4.69) is 19.5 Å². The number of ether oxygens (including phenoxy) is 4. The molecule has 31 heavy (non-hydrogen) atoms. The van der Waals surface area contributed by atoms with Crippen molar-refractivity contribution >= 4 is 33.3 Å². The van der Waals surface area contributed by atoms with E-state index >= 15 is 0 Å². The van der Waals surface area contributed by atoms with Crippen LogP contribution in [0.15, 0.2) is 59.1 Å². The number of hydrogen-bond donors (Lipinski definition) is 2. The SMILES string of the molecule is COC(=O)/C=C(/Nc1ccc(S(=O)(=O)Nc2ccc(OC)cc2OC)cc1)C(=O)OC. The van der Waals surface area contributed by atoms with Crippen LogP contribution in [0.2, 0.25) is 0 Å². The largest absolute Gasteiger partial charge is 0.497 e. The Balaban J connectivity index is 2.24. The smallest absolute Gasteiger partial charge is 0.354 e. The number of rotatable bonds is 9. The first-order valence-corrected chi connectivity index (χ1v) is 10.2. The van der Waals surface area contributed by atoms with Crippen molar-refractivity contribution in [2.75, 3.05) is 38.5 Å². The molecule has 11 heteroatoms. The highest BCUT2D eigenvalue weighted by Gasteiger charge is 2.18. The van der Waals surface area contributed by atoms with Gasteiger partial charge < -0.3 is 24.3 Å². The summed E-state index contributed by atoms with van der Waals surface area (Å²) in [6.07, 6.45) is 0.925. The predicted octanol–water partition coefficient (Wildman–Crippen LogP) is 2.15. The van der Waals surface area contributed by atoms with Crippen LogP contribution < -0.4 is 19.5 Å². The third kappa shape index (κ3) is 6.12. The number of carbonyl (C=O) groups is 2. The lowest BCUT2D eigenvalue weighted by atomic mass is 10.3. The maximum Gasteiger partial charge on any atom is 0.354 e. The zero-order chi connectivity index (χ0) is 23.0. The van der Waals surface area contributed by atoms with E-state index in [9.17, 15) is 18.0 Å². The Kier molecular flexibility index (Phi) is 7.86. The van der Waals surface area contributed by atoms with Crippen molar-refractivity contribution in [3.05, 3.63) is 54.2 Å². The van der Waals surface area contributed by atoms with E-state index in [1.807, 2.05) is 0 Å². The van der Waals surface area contributed by atoms with Crippen molar-refractivity contribution < 1.29 is 37.0 Å². The van der Waals surface area contributed by atoms with Gasteiger partial charge in [-0.2, -0.15) is 0 Å². The van der Waals surface area contributed by atoms with Crippen molar-refractivity contribution in [1.82, 2.24) is 0 Å². The summed E-state index contributed by atoms with van der Waals surface area (Å²) >= 11 is 0. The Morgan fingerprint density at radius 3 is 2.13 bits per heavy atom. The number of nitrogens with one attached hydrogen (secondary N) is 2. The number of esters is 2. The maximum absolute atomic E-state index is 12.7. The Labute approximate surface area is 179 Å². The lowest BCUT2D eigenvalue weighted by molar-refractivity contribution is -0.138. The molecule has 10 nitrogen and oxygen atoms in total. The minimum atomic E-state index is -3.93. The molecule has 0 bridgehead atoms. The predicted molar refractivity (Wildman–Crippen MR) is 113 cm³/mol. The summed E-state index contributed by atoms with van der Waals surface area (Å²) in [6, 6.07) is 10.2. The molecule has 166 valence electrons. The fourth-order valence-electron chi connectivity index (χ4n) is 2.39. The van der Waals surface area contributed by atoms with Gasteiger partial charge in [0.2, 0.25) is 0 Å². The third-order valence-corrected chi connectivity index (χ3v) is 5.35. The molecule has 0 aliphatic carbocycles. The molecule has 0 heterocycles. The topological polar surface area (TPSA) is 129 Å². The average molecular weight is 450 g/mol. The molecule has 0 fully saturated rings. The number of carbonyl (C=O) groups excluding carboxylic acids is 2. The Bertz CT molecular complexity index is 1080. The van der Waals surface area contributed by atoms with E-state index in [1.54, 1.807) is 12.1 Å². The van der Waals surface area contributed by atoms with Crippen LogP contribution in [0.1, 0.15) is 0 Å². The summed E-state index contributed by atoms with van der Waals surface area (Å²) in [7, 11) is 1.28. The lowest BCUT2D eigenvalue weighted by Crippen LogP contribution is -2.16. The van der Waals surface area contributed by atoms with Crippen molar-refractivity contribution in [2.45, 2.75) is 4.90 Å². The summed E-state index contributed by atoms with van der Waals surface area (Å²) in [6.45, 7) is 0. The summed E-state index contributed by atoms with van der Waals surface area (Å²) < 4.78 is 47.3. The quantitative estimate of drug-likeness (QED) is 0.436. The zero-order valence-corrected chi connectivity index (χ0v) is 18.1. The standard InChI is InChI=1S/C20H22N2O8S/c1-27-14-7-10-16(18(11-14)28-2)22-31(25,26)15-8-5-13(6-9-15)21-17(20(24)30-4)12-19(23)29-3/h5-12,21-22H,1-4H3/b17-12+. The number of hydrogen-bond acceptors (Lipinski definition) is 9. The molecule has 0 saturated carbocycles. The molecule has 0 aliphatic heterocycles. The van der Waals surface area contributed by atoms with E-state index in [-0.39, 0.29) is 22.0 Å². The molecule has 0 unspecified atom stereocenters. The molecule has 2 aromatic carbocycles. The van der Waals surface area contributed by atoms with Crippen LogP contribution >= 0.6 is 0 Å². The van der Waals surface area contributed by atoms with Gasteiger partial charge in [-0.3, -0.25) is 4.72 Å². The first kappa shape index (κ1) is 23.5. The summed E-state index contributed by atoms with van der Waals surface area (Å²) in [5.74, 6) is -0.756. The summed E-state index contributed by atoms with van der Waals surface area (Å²) in [5.41, 5.74) is 0.409. The molecular weight excluding hydrogens is 428 g/mol. The number of anilines is 2. The molecule has 0 aromatic heterocycles. The monoisotopic (exact) mass is 450 g/mol. The molecule has 2 N–H and O–H groups in total. The maximum atomic E-state index is 12.7. The molecular formula is C20H22N2O8S. The highest BCUT2D eigenvalue weighted by Crippen LogP contribution is 2.31. The van der Waals surface area contributed by atoms with Gasteiger partial charge in [0.25, 0.3) is 10.0 Å². The van der Waals surface area contributed by atoms with Gasteiger partial charge in [0.1, 0.15) is 17.2 Å². The molecule has 0 saturated heterocycles. The van der Waals surface area contributed by atoms with Crippen molar-refractivity contribution in [1.29, 1.82) is 0 Å². The van der Waals surface area contributed by atoms with Crippen molar-refractivity contribution in [3.63, 3.8) is 0 Å². The second-order valence-electron chi connectivity index (χ2n) is 5.89. The van der Waals surface area contributed by atoms with Gasteiger partial charge in [0.15, 0.2) is 0 Å². The van der Waals surface area contributed by atoms with Gasteiger partial charge in [0.05, 0.1) is 45.1 Å². The molecule has 2 aromatic rings. The fourth-order valence-corrected chi connectivity index (χ4v) is 3.46. The molecule has 0 aliphatic rings. The first-order chi connectivity index (χ1) is 14.7. The van der Waals surface area contributed by atoms with E-state index in [1.165, 1.54) is 44.6 Å². The van der Waals surface area contributed by atoms with Gasteiger partial charge in [-0.05, 0) is 36.4 Å². The van der Waals surface area contributed by atoms with Crippen LogP contribution in [-0.4, -0.2) is 48.8 Å². The molecule has 0 atom stereocenters. The van der Waals surface area contributed by atoms with Gasteiger partial charge in [-0.15, -0.1) is 0 Å². The first-order valence-electron chi connectivity index (χ1n) is 8.74. The van der Waals surface area contributed by atoms with Gasteiger partial charge >= 0.3 is 11.9 Å². The average Bonchev–Trinajstić information content (AvgIpc) is 2.78. The molecule has 0 spiro atoms.